The van der Waals surface area contributed by atoms with Gasteiger partial charge in [-0.3, -0.25) is 4.79 Å². The fourth-order valence-electron chi connectivity index (χ4n) is 4.23. The lowest BCUT2D eigenvalue weighted by molar-refractivity contribution is -0.134. The number of thiazole rings is 1. The van der Waals surface area contributed by atoms with E-state index in [-0.39, 0.29) is 18.0 Å². The standard InChI is InChI=1S/C20H28N4OS2/c1-13(2)24-17(19(25)23-8-5-15(6-9-23)22(3)4)11-16-20(24)27-18(21-16)14-7-10-26-12-14/h7,10,12-13,15,17H,5-6,8-9,11H2,1-4H3. The van der Waals surface area contributed by atoms with Crippen LogP contribution < -0.4 is 4.90 Å². The van der Waals surface area contributed by atoms with Gasteiger partial charge in [-0.05, 0) is 52.2 Å². The predicted molar refractivity (Wildman–Crippen MR) is 114 cm³/mol. The highest BCUT2D eigenvalue weighted by Gasteiger charge is 2.41. The van der Waals surface area contributed by atoms with E-state index in [1.807, 2.05) is 0 Å². The lowest BCUT2D eigenvalue weighted by Gasteiger charge is -2.38. The van der Waals surface area contributed by atoms with Crippen LogP contribution in [0, 0.1) is 0 Å². The summed E-state index contributed by atoms with van der Waals surface area (Å²) in [7, 11) is 4.27. The normalized spacial score (nSPS) is 20.7. The number of carbonyl (C=O) groups is 1. The van der Waals surface area contributed by atoms with E-state index >= 15 is 0 Å². The number of piperidine rings is 1. The van der Waals surface area contributed by atoms with Gasteiger partial charge in [0.15, 0.2) is 0 Å². The third kappa shape index (κ3) is 3.52. The molecule has 0 saturated carbocycles. The molecule has 2 aromatic heterocycles. The van der Waals surface area contributed by atoms with Crippen molar-refractivity contribution >= 4 is 33.6 Å². The summed E-state index contributed by atoms with van der Waals surface area (Å²) >= 11 is 3.43. The Hall–Kier alpha value is -1.44. The highest BCUT2D eigenvalue weighted by atomic mass is 32.1. The summed E-state index contributed by atoms with van der Waals surface area (Å²) in [5.41, 5.74) is 2.29. The Labute approximate surface area is 169 Å². The Bertz CT molecular complexity index is 791. The van der Waals surface area contributed by atoms with Gasteiger partial charge in [-0.15, -0.1) is 0 Å². The van der Waals surface area contributed by atoms with Crippen molar-refractivity contribution in [2.75, 3.05) is 32.1 Å². The Morgan fingerprint density at radius 1 is 1.30 bits per heavy atom. The lowest BCUT2D eigenvalue weighted by atomic mass is 10.0. The molecule has 7 heteroatoms. The van der Waals surface area contributed by atoms with Crippen LogP contribution in [0.25, 0.3) is 10.6 Å². The van der Waals surface area contributed by atoms with Crippen molar-refractivity contribution in [2.45, 2.75) is 51.2 Å². The highest BCUT2D eigenvalue weighted by Crippen LogP contribution is 2.43. The molecule has 5 nitrogen and oxygen atoms in total. The summed E-state index contributed by atoms with van der Waals surface area (Å²) in [5, 5.41) is 6.49. The Morgan fingerprint density at radius 3 is 2.63 bits per heavy atom. The summed E-state index contributed by atoms with van der Waals surface area (Å²) in [4.78, 5) is 24.9. The maximum Gasteiger partial charge on any atom is 0.245 e. The number of thiophene rings is 1. The molecule has 0 aliphatic carbocycles. The molecular weight excluding hydrogens is 376 g/mol. The molecule has 2 aliphatic heterocycles. The van der Waals surface area contributed by atoms with E-state index in [1.165, 1.54) is 10.6 Å². The van der Waals surface area contributed by atoms with Gasteiger partial charge >= 0.3 is 0 Å². The van der Waals surface area contributed by atoms with Crippen molar-refractivity contribution in [2.24, 2.45) is 0 Å². The van der Waals surface area contributed by atoms with Gasteiger partial charge < -0.3 is 14.7 Å². The van der Waals surface area contributed by atoms with Gasteiger partial charge in [0.05, 0.1) is 5.69 Å². The number of fused-ring (bicyclic) bond motifs is 1. The number of anilines is 1. The van der Waals surface area contributed by atoms with E-state index in [0.717, 1.165) is 43.1 Å². The molecule has 0 N–H and O–H groups in total. The van der Waals surface area contributed by atoms with Crippen LogP contribution in [0.3, 0.4) is 0 Å². The minimum atomic E-state index is -0.0915. The molecule has 1 fully saturated rings. The van der Waals surface area contributed by atoms with Gasteiger partial charge in [0.25, 0.3) is 0 Å². The van der Waals surface area contributed by atoms with Crippen molar-refractivity contribution in [1.29, 1.82) is 0 Å². The minimum Gasteiger partial charge on any atom is -0.347 e. The monoisotopic (exact) mass is 404 g/mol. The van der Waals surface area contributed by atoms with E-state index in [0.29, 0.717) is 6.04 Å². The van der Waals surface area contributed by atoms with Crippen LogP contribution in [0.2, 0.25) is 0 Å². The average molecular weight is 405 g/mol. The highest BCUT2D eigenvalue weighted by molar-refractivity contribution is 7.19. The van der Waals surface area contributed by atoms with Gasteiger partial charge in [-0.2, -0.15) is 11.3 Å². The largest absolute Gasteiger partial charge is 0.347 e. The molecule has 27 heavy (non-hydrogen) atoms. The predicted octanol–water partition coefficient (Wildman–Crippen LogP) is 3.56. The number of hydrogen-bond acceptors (Lipinski definition) is 6. The molecule has 1 atom stereocenters. The molecule has 2 aromatic rings. The SMILES string of the molecule is CC(C)N1c2sc(-c3ccsc3)nc2CC1C(=O)N1CCC(N(C)C)CC1. The molecule has 2 aliphatic rings. The first-order valence-corrected chi connectivity index (χ1v) is 11.5. The molecule has 146 valence electrons. The fourth-order valence-corrected chi connectivity index (χ4v) is 6.21. The number of carbonyl (C=O) groups excluding carboxylic acids is 1. The maximum atomic E-state index is 13.3. The van der Waals surface area contributed by atoms with Crippen molar-refractivity contribution < 1.29 is 4.79 Å². The van der Waals surface area contributed by atoms with E-state index in [4.69, 9.17) is 4.98 Å². The number of nitrogens with zero attached hydrogens (tertiary/aromatic N) is 4. The second kappa shape index (κ2) is 7.53. The second-order valence-corrected chi connectivity index (χ2v) is 9.78. The van der Waals surface area contributed by atoms with Crippen molar-refractivity contribution in [1.82, 2.24) is 14.8 Å². The Morgan fingerprint density at radius 2 is 2.04 bits per heavy atom. The molecule has 1 amide bonds. The van der Waals surface area contributed by atoms with E-state index in [1.54, 1.807) is 22.7 Å². The first-order valence-electron chi connectivity index (χ1n) is 9.71. The summed E-state index contributed by atoms with van der Waals surface area (Å²) in [6.07, 6.45) is 2.87. The lowest BCUT2D eigenvalue weighted by Crippen LogP contribution is -2.53. The van der Waals surface area contributed by atoms with Gasteiger partial charge in [0.1, 0.15) is 16.1 Å². The average Bonchev–Trinajstić information content (AvgIpc) is 3.35. The fraction of sp³-hybridized carbons (Fsp3) is 0.600. The van der Waals surface area contributed by atoms with Crippen LogP contribution in [0.1, 0.15) is 32.4 Å². The molecule has 4 rings (SSSR count). The van der Waals surface area contributed by atoms with Crippen LogP contribution in [0.4, 0.5) is 5.00 Å². The molecular formula is C20H28N4OS2. The summed E-state index contributed by atoms with van der Waals surface area (Å²) in [6.45, 7) is 6.09. The smallest absolute Gasteiger partial charge is 0.245 e. The number of hydrogen-bond donors (Lipinski definition) is 0. The third-order valence-electron chi connectivity index (χ3n) is 5.75. The van der Waals surface area contributed by atoms with Gasteiger partial charge in [-0.25, -0.2) is 4.98 Å². The maximum absolute atomic E-state index is 13.3. The molecule has 0 radical (unpaired) electrons. The second-order valence-electron chi connectivity index (χ2n) is 8.02. The minimum absolute atomic E-state index is 0.0915. The third-order valence-corrected chi connectivity index (χ3v) is 7.59. The van der Waals surface area contributed by atoms with E-state index in [2.05, 4.69) is 59.5 Å². The van der Waals surface area contributed by atoms with E-state index in [9.17, 15) is 4.79 Å². The van der Waals surface area contributed by atoms with Crippen LogP contribution in [0.5, 0.6) is 0 Å². The first-order chi connectivity index (χ1) is 13.0. The number of aromatic nitrogens is 1. The molecule has 0 spiro atoms. The van der Waals surface area contributed by atoms with Gasteiger partial charge in [0, 0.05) is 42.5 Å². The zero-order chi connectivity index (χ0) is 19.1. The van der Waals surface area contributed by atoms with Crippen LogP contribution >= 0.6 is 22.7 Å². The molecule has 0 aromatic carbocycles. The number of rotatable bonds is 4. The van der Waals surface area contributed by atoms with Crippen molar-refractivity contribution in [3.05, 3.63) is 22.5 Å². The summed E-state index contributed by atoms with van der Waals surface area (Å²) in [6, 6.07) is 2.91. The van der Waals surface area contributed by atoms with Crippen LogP contribution in [-0.4, -0.2) is 66.0 Å². The zero-order valence-electron chi connectivity index (χ0n) is 16.5. The van der Waals surface area contributed by atoms with Crippen LogP contribution in [-0.2, 0) is 11.2 Å². The van der Waals surface area contributed by atoms with Crippen LogP contribution in [0.15, 0.2) is 16.8 Å². The molecule has 0 bridgehead atoms. The van der Waals surface area contributed by atoms with Crippen molar-refractivity contribution in [3.8, 4) is 10.6 Å². The Balaban J connectivity index is 1.51. The zero-order valence-corrected chi connectivity index (χ0v) is 18.1. The van der Waals surface area contributed by atoms with Crippen molar-refractivity contribution in [3.63, 3.8) is 0 Å². The molecule has 1 unspecified atom stereocenters. The summed E-state index contributed by atoms with van der Waals surface area (Å²) < 4.78 is 0. The molecule has 1 saturated heterocycles. The van der Waals surface area contributed by atoms with Gasteiger partial charge in [-0.1, -0.05) is 11.3 Å². The van der Waals surface area contributed by atoms with E-state index < -0.39 is 0 Å². The van der Waals surface area contributed by atoms with Gasteiger partial charge in [0.2, 0.25) is 5.91 Å². The first kappa shape index (κ1) is 18.9. The quantitative estimate of drug-likeness (QED) is 0.781. The summed E-state index contributed by atoms with van der Waals surface area (Å²) in [5.74, 6) is 0.281. The Kier molecular flexibility index (Phi) is 5.27. The number of likely N-dealkylation sites (tertiary alicyclic amines) is 1. The molecule has 4 heterocycles. The topological polar surface area (TPSA) is 39.7 Å². The number of amides is 1.